The van der Waals surface area contributed by atoms with Crippen LogP contribution in [0.15, 0.2) is 36.4 Å². The molecule has 0 saturated carbocycles. The van der Waals surface area contributed by atoms with Crippen molar-refractivity contribution in [3.63, 3.8) is 0 Å². The maximum atomic E-state index is 13.4. The van der Waals surface area contributed by atoms with Gasteiger partial charge < -0.3 is 0 Å². The Balaban J connectivity index is 1.86. The molecule has 207 valence electrons. The van der Waals surface area contributed by atoms with Crippen LogP contribution in [0.5, 0.6) is 11.5 Å². The van der Waals surface area contributed by atoms with Crippen LogP contribution in [0.3, 0.4) is 0 Å². The molecule has 1 fully saturated rings. The zero-order valence-corrected chi connectivity index (χ0v) is 24.3. The Morgan fingerprint density at radius 2 is 1.50 bits per heavy atom. The number of nitrogens with zero attached hydrogens (tertiary/aromatic N) is 2. The molecular formula is C27H33AsF3N2O5. The summed E-state index contributed by atoms with van der Waals surface area (Å²) in [6, 6.07) is 9.89. The third-order valence-electron chi connectivity index (χ3n) is 5.97. The number of piperazine rings is 1. The third kappa shape index (κ3) is 7.59. The Kier molecular flexibility index (Phi) is 9.29. The van der Waals surface area contributed by atoms with Gasteiger partial charge in [0.15, 0.2) is 0 Å². The van der Waals surface area contributed by atoms with E-state index < -0.39 is 39.4 Å². The normalized spacial score (nSPS) is 15.5. The van der Waals surface area contributed by atoms with Crippen molar-refractivity contribution in [1.82, 2.24) is 4.90 Å². The van der Waals surface area contributed by atoms with Crippen LogP contribution in [0.2, 0.25) is 0 Å². The van der Waals surface area contributed by atoms with Crippen LogP contribution in [0.25, 0.3) is 0 Å². The molecule has 2 aromatic carbocycles. The Morgan fingerprint density at radius 3 is 2.00 bits per heavy atom. The van der Waals surface area contributed by atoms with E-state index in [2.05, 4.69) is 0 Å². The fraction of sp³-hybridized carbons (Fsp3) is 0.481. The van der Waals surface area contributed by atoms with E-state index in [1.54, 1.807) is 43.9 Å². The number of benzene rings is 2. The topological polar surface area (TPSA) is 68.3 Å². The molecule has 1 aliphatic rings. The fourth-order valence-corrected chi connectivity index (χ4v) is 6.59. The number of methoxy groups -OCH3 is 2. The first-order chi connectivity index (χ1) is 17.7. The molecule has 2 aromatic rings. The van der Waals surface area contributed by atoms with E-state index in [4.69, 9.17) is 14.2 Å². The molecule has 1 radical (unpaired) electrons. The molecule has 1 heterocycles. The maximum absolute atomic E-state index is 13.4. The van der Waals surface area contributed by atoms with Crippen LogP contribution in [0.1, 0.15) is 48.3 Å². The van der Waals surface area contributed by atoms with Gasteiger partial charge in [-0.2, -0.15) is 0 Å². The van der Waals surface area contributed by atoms with Gasteiger partial charge in [-0.15, -0.1) is 0 Å². The van der Waals surface area contributed by atoms with Gasteiger partial charge >= 0.3 is 228 Å². The molecule has 1 saturated heterocycles. The van der Waals surface area contributed by atoms with Gasteiger partial charge in [0.2, 0.25) is 0 Å². The summed E-state index contributed by atoms with van der Waals surface area (Å²) in [6.07, 6.45) is -5.37. The number of carbonyl (C=O) groups excluding carboxylic acids is 2. The van der Waals surface area contributed by atoms with Crippen molar-refractivity contribution in [2.24, 2.45) is 0 Å². The standard InChI is InChI=1S/C27H33AsF3N2O5/c1-17(18-13-20(36-5)16-21(14-18)37-6)28-23-15-19(7-8-22(23)24(34)27(29,30)31)32-9-11-33(12-10-32)25(35)38-26(2,3)4/h7-8,13-17H,9-12H2,1-6H3. The SMILES string of the molecule is COc1cc(OC)cc(C(C)[As]c2cc(N3CCN(C(=O)OC(C)(C)C)CC3)ccc2C(=O)C(F)(F)F)c1. The van der Waals surface area contributed by atoms with Gasteiger partial charge in [0.05, 0.1) is 0 Å². The molecule has 1 atom stereocenters. The number of rotatable bonds is 7. The van der Waals surface area contributed by atoms with E-state index >= 15 is 0 Å². The first-order valence-electron chi connectivity index (χ1n) is 12.1. The molecule has 1 amide bonds. The molecule has 38 heavy (non-hydrogen) atoms. The number of alkyl halides is 3. The summed E-state index contributed by atoms with van der Waals surface area (Å²) in [6.45, 7) is 9.15. The van der Waals surface area contributed by atoms with Crippen LogP contribution in [0.4, 0.5) is 23.7 Å². The second-order valence-corrected chi connectivity index (χ2v) is 13.1. The summed E-state index contributed by atoms with van der Waals surface area (Å²) < 4.78 is 56.7. The number of carbonyl (C=O) groups is 2. The minimum absolute atomic E-state index is 0.144. The average Bonchev–Trinajstić information content (AvgIpc) is 2.86. The van der Waals surface area contributed by atoms with Crippen molar-refractivity contribution in [2.75, 3.05) is 45.3 Å². The molecule has 0 N–H and O–H groups in total. The van der Waals surface area contributed by atoms with Crippen LogP contribution in [-0.4, -0.2) is 84.7 Å². The summed E-state index contributed by atoms with van der Waals surface area (Å²) in [7, 11) is 3.06. The predicted molar refractivity (Wildman–Crippen MR) is 140 cm³/mol. The second-order valence-electron chi connectivity index (χ2n) is 9.93. The van der Waals surface area contributed by atoms with Crippen molar-refractivity contribution in [1.29, 1.82) is 0 Å². The van der Waals surface area contributed by atoms with Crippen molar-refractivity contribution >= 4 is 37.7 Å². The zero-order valence-electron chi connectivity index (χ0n) is 22.4. The van der Waals surface area contributed by atoms with Gasteiger partial charge in [-0.1, -0.05) is 0 Å². The molecule has 7 nitrogen and oxygen atoms in total. The number of ketones is 1. The fourth-order valence-electron chi connectivity index (χ4n) is 4.00. The molecule has 1 unspecified atom stereocenters. The minimum atomic E-state index is -4.97. The number of halogens is 3. The average molecular weight is 597 g/mol. The van der Waals surface area contributed by atoms with Crippen LogP contribution < -0.4 is 18.7 Å². The monoisotopic (exact) mass is 597 g/mol. The van der Waals surface area contributed by atoms with E-state index in [9.17, 15) is 22.8 Å². The number of amides is 1. The van der Waals surface area contributed by atoms with Crippen molar-refractivity contribution in [3.05, 3.63) is 47.5 Å². The van der Waals surface area contributed by atoms with E-state index in [0.29, 0.717) is 47.7 Å². The summed E-state index contributed by atoms with van der Waals surface area (Å²) in [5.74, 6) is -0.689. The molecule has 3 rings (SSSR count). The number of hydrogen-bond acceptors (Lipinski definition) is 6. The van der Waals surface area contributed by atoms with Gasteiger partial charge in [-0.05, 0) is 0 Å². The summed E-state index contributed by atoms with van der Waals surface area (Å²) >= 11 is -0.886. The first kappa shape index (κ1) is 29.7. The number of hydrogen-bond donors (Lipinski definition) is 0. The van der Waals surface area contributed by atoms with E-state index in [1.807, 2.05) is 24.0 Å². The van der Waals surface area contributed by atoms with E-state index in [0.717, 1.165) is 5.56 Å². The molecule has 0 bridgehead atoms. The Labute approximate surface area is 227 Å². The van der Waals surface area contributed by atoms with Gasteiger partial charge in [0.1, 0.15) is 0 Å². The molecule has 0 spiro atoms. The van der Waals surface area contributed by atoms with Gasteiger partial charge in [0.25, 0.3) is 0 Å². The Bertz CT molecular complexity index is 1140. The Hall–Kier alpha value is -2.87. The molecule has 0 aliphatic carbocycles. The number of Topliss-reactive ketones (excluding diaryl/α,β-unsaturated/α-hetero) is 1. The van der Waals surface area contributed by atoms with Crippen LogP contribution in [-0.2, 0) is 4.74 Å². The second kappa shape index (κ2) is 11.9. The predicted octanol–water partition coefficient (Wildman–Crippen LogP) is 4.60. The van der Waals surface area contributed by atoms with Crippen molar-refractivity contribution in [2.45, 2.75) is 44.2 Å². The van der Waals surface area contributed by atoms with E-state index in [1.165, 1.54) is 20.3 Å². The summed E-state index contributed by atoms with van der Waals surface area (Å²) in [5.41, 5.74) is 0.642. The van der Waals surface area contributed by atoms with Gasteiger partial charge in [-0.3, -0.25) is 0 Å². The summed E-state index contributed by atoms with van der Waals surface area (Å²) in [4.78, 5) is 28.3. The molecule has 1 aliphatic heterocycles. The van der Waals surface area contributed by atoms with Crippen LogP contribution >= 0.6 is 0 Å². The zero-order chi connectivity index (χ0) is 28.3. The van der Waals surface area contributed by atoms with Crippen molar-refractivity contribution in [3.8, 4) is 11.5 Å². The Morgan fingerprint density at radius 1 is 0.921 bits per heavy atom. The molecular weight excluding hydrogens is 564 g/mol. The molecule has 11 heteroatoms. The quantitative estimate of drug-likeness (QED) is 0.344. The van der Waals surface area contributed by atoms with Crippen molar-refractivity contribution < 1.29 is 37.0 Å². The first-order valence-corrected chi connectivity index (χ1v) is 14.2. The van der Waals surface area contributed by atoms with Crippen LogP contribution in [0, 0.1) is 0 Å². The third-order valence-corrected chi connectivity index (χ3v) is 8.77. The van der Waals surface area contributed by atoms with Gasteiger partial charge in [0, 0.05) is 0 Å². The van der Waals surface area contributed by atoms with E-state index in [-0.39, 0.29) is 10.3 Å². The van der Waals surface area contributed by atoms with Gasteiger partial charge in [-0.25, -0.2) is 0 Å². The summed E-state index contributed by atoms with van der Waals surface area (Å²) in [5, 5.41) is 0. The molecule has 0 aromatic heterocycles. The number of anilines is 1. The number of ether oxygens (including phenoxy) is 3.